The summed E-state index contributed by atoms with van der Waals surface area (Å²) in [6.07, 6.45) is 4.92. The molecule has 28 heavy (non-hydrogen) atoms. The van der Waals surface area contributed by atoms with Gasteiger partial charge in [0.15, 0.2) is 0 Å². The highest BCUT2D eigenvalue weighted by Gasteiger charge is 2.21. The van der Waals surface area contributed by atoms with Crippen molar-refractivity contribution in [1.82, 2.24) is 19.9 Å². The fourth-order valence-electron chi connectivity index (χ4n) is 3.48. The van der Waals surface area contributed by atoms with Crippen molar-refractivity contribution in [2.75, 3.05) is 11.1 Å². The maximum Gasteiger partial charge on any atom is 0.323 e. The van der Waals surface area contributed by atoms with Crippen LogP contribution in [0.25, 0.3) is 21.3 Å². The summed E-state index contributed by atoms with van der Waals surface area (Å²) in [6.45, 7) is 0. The number of nitrogens with zero attached hydrogens (tertiary/aromatic N) is 2. The van der Waals surface area contributed by atoms with E-state index < -0.39 is 0 Å². The maximum atomic E-state index is 12.5. The summed E-state index contributed by atoms with van der Waals surface area (Å²) in [5.41, 5.74) is 3.00. The van der Waals surface area contributed by atoms with Gasteiger partial charge >= 0.3 is 5.69 Å². The van der Waals surface area contributed by atoms with Crippen LogP contribution < -0.4 is 11.0 Å². The summed E-state index contributed by atoms with van der Waals surface area (Å²) >= 11 is 6.60. The van der Waals surface area contributed by atoms with Crippen molar-refractivity contribution < 1.29 is 4.79 Å². The summed E-state index contributed by atoms with van der Waals surface area (Å²) in [6, 6.07) is 3.49. The van der Waals surface area contributed by atoms with E-state index in [9.17, 15) is 9.59 Å². The van der Waals surface area contributed by atoms with Gasteiger partial charge in [-0.05, 0) is 52.9 Å². The number of carbonyl (C=O) groups excluding carboxylic acids is 1. The fourth-order valence-corrected chi connectivity index (χ4v) is 6.04. The van der Waals surface area contributed by atoms with Crippen LogP contribution in [0.5, 0.6) is 0 Å². The Kier molecular flexibility index (Phi) is 4.48. The first-order chi connectivity index (χ1) is 13.6. The molecular weight excluding hydrogens is 462 g/mol. The van der Waals surface area contributed by atoms with Gasteiger partial charge in [0.2, 0.25) is 5.91 Å². The molecule has 1 aromatic carbocycles. The van der Waals surface area contributed by atoms with Gasteiger partial charge in [-0.15, -0.1) is 11.3 Å². The number of nitrogens with one attached hydrogen (secondary N) is 3. The third-order valence-electron chi connectivity index (χ3n) is 4.68. The lowest BCUT2D eigenvalue weighted by Gasteiger charge is -2.08. The molecule has 0 fully saturated rings. The molecule has 5 rings (SSSR count). The van der Waals surface area contributed by atoms with Crippen molar-refractivity contribution in [2.45, 2.75) is 24.3 Å². The second-order valence-electron chi connectivity index (χ2n) is 6.51. The van der Waals surface area contributed by atoms with Gasteiger partial charge in [0.25, 0.3) is 0 Å². The number of aryl methyl sites for hydroxylation is 2. The number of anilines is 1. The highest BCUT2D eigenvalue weighted by atomic mass is 79.9. The number of hydrogen-bond donors (Lipinski definition) is 3. The molecule has 3 aromatic heterocycles. The van der Waals surface area contributed by atoms with E-state index >= 15 is 0 Å². The highest BCUT2D eigenvalue weighted by molar-refractivity contribution is 9.10. The molecule has 0 saturated heterocycles. The molecule has 1 amide bonds. The van der Waals surface area contributed by atoms with Crippen LogP contribution >= 0.6 is 39.0 Å². The quantitative estimate of drug-likeness (QED) is 0.307. The Hall–Kier alpha value is -2.17. The largest absolute Gasteiger partial charge is 0.324 e. The molecule has 1 aliphatic carbocycles. The number of halogens is 1. The summed E-state index contributed by atoms with van der Waals surface area (Å²) < 4.78 is 0.702. The van der Waals surface area contributed by atoms with Crippen molar-refractivity contribution >= 4 is 71.9 Å². The van der Waals surface area contributed by atoms with Gasteiger partial charge < -0.3 is 15.3 Å². The number of rotatable bonds is 4. The first-order valence-corrected chi connectivity index (χ1v) is 11.3. The molecule has 0 atom stereocenters. The molecular formula is C18H14BrN5O2S2. The Bertz CT molecular complexity index is 1290. The van der Waals surface area contributed by atoms with E-state index in [0.29, 0.717) is 21.2 Å². The predicted octanol–water partition coefficient (Wildman–Crippen LogP) is 3.84. The highest BCUT2D eigenvalue weighted by Crippen LogP contribution is 2.40. The number of amides is 1. The molecule has 7 nitrogen and oxygen atoms in total. The van der Waals surface area contributed by atoms with Gasteiger partial charge in [-0.3, -0.25) is 4.79 Å². The maximum absolute atomic E-state index is 12.5. The van der Waals surface area contributed by atoms with Crippen LogP contribution in [-0.2, 0) is 17.6 Å². The zero-order valence-corrected chi connectivity index (χ0v) is 17.7. The molecule has 0 bridgehead atoms. The SMILES string of the molecule is O=C(CSc1ncnc2sc3c(c12)CCC3)Nc1cc2[nH]c(=O)[nH]c2cc1Br. The molecule has 1 aliphatic rings. The molecule has 0 spiro atoms. The van der Waals surface area contributed by atoms with E-state index in [1.165, 1.54) is 28.6 Å². The lowest BCUT2D eigenvalue weighted by atomic mass is 10.2. The number of thioether (sulfide) groups is 1. The van der Waals surface area contributed by atoms with E-state index in [1.54, 1.807) is 29.8 Å². The van der Waals surface area contributed by atoms with Crippen LogP contribution in [0, 0.1) is 0 Å². The number of H-pyrrole nitrogens is 2. The second-order valence-corrected chi connectivity index (χ2v) is 9.41. The lowest BCUT2D eigenvalue weighted by molar-refractivity contribution is -0.113. The smallest absolute Gasteiger partial charge is 0.323 e. The molecule has 0 saturated carbocycles. The summed E-state index contributed by atoms with van der Waals surface area (Å²) in [7, 11) is 0. The third kappa shape index (κ3) is 3.15. The van der Waals surface area contributed by atoms with Gasteiger partial charge in [0.1, 0.15) is 16.2 Å². The molecule has 4 aromatic rings. The Labute approximate surface area is 175 Å². The van der Waals surface area contributed by atoms with Crippen LogP contribution in [0.2, 0.25) is 0 Å². The van der Waals surface area contributed by atoms with Gasteiger partial charge in [0, 0.05) is 14.7 Å². The Morgan fingerprint density at radius 3 is 2.93 bits per heavy atom. The predicted molar refractivity (Wildman–Crippen MR) is 115 cm³/mol. The van der Waals surface area contributed by atoms with Gasteiger partial charge in [0.05, 0.1) is 22.5 Å². The minimum atomic E-state index is -0.281. The first kappa shape index (κ1) is 17.9. The molecule has 10 heteroatoms. The number of benzene rings is 1. The van der Waals surface area contributed by atoms with Crippen molar-refractivity contribution in [3.63, 3.8) is 0 Å². The Morgan fingerprint density at radius 2 is 2.07 bits per heavy atom. The van der Waals surface area contributed by atoms with Crippen molar-refractivity contribution in [3.8, 4) is 0 Å². The number of fused-ring (bicyclic) bond motifs is 4. The van der Waals surface area contributed by atoms with Crippen LogP contribution in [0.1, 0.15) is 16.9 Å². The Morgan fingerprint density at radius 1 is 1.25 bits per heavy atom. The topological polar surface area (TPSA) is 104 Å². The monoisotopic (exact) mass is 475 g/mol. The summed E-state index contributed by atoms with van der Waals surface area (Å²) in [5, 5.41) is 4.87. The van der Waals surface area contributed by atoms with Crippen LogP contribution in [-0.4, -0.2) is 31.6 Å². The summed E-state index contributed by atoms with van der Waals surface area (Å²) in [4.78, 5) is 40.6. The first-order valence-electron chi connectivity index (χ1n) is 8.68. The Balaban J connectivity index is 1.35. The number of aromatic nitrogens is 4. The standard InChI is InChI=1S/C18H14BrN5O2S2/c19-9-4-11-12(24-18(26)23-11)5-10(9)22-14(25)6-27-16-15-8-2-1-3-13(8)28-17(15)21-7-20-16/h4-5,7H,1-3,6H2,(H,22,25)(H2,23,24,26). The van der Waals surface area contributed by atoms with Crippen molar-refractivity contribution in [3.05, 3.63) is 43.9 Å². The van der Waals surface area contributed by atoms with E-state index in [0.717, 1.165) is 28.1 Å². The van der Waals surface area contributed by atoms with Crippen LogP contribution in [0.15, 0.2) is 32.8 Å². The molecule has 3 N–H and O–H groups in total. The minimum Gasteiger partial charge on any atom is -0.324 e. The van der Waals surface area contributed by atoms with Gasteiger partial charge in [-0.25, -0.2) is 14.8 Å². The van der Waals surface area contributed by atoms with Crippen LogP contribution in [0.4, 0.5) is 5.69 Å². The second kappa shape index (κ2) is 7.02. The third-order valence-corrected chi connectivity index (χ3v) is 7.53. The minimum absolute atomic E-state index is 0.137. The molecule has 0 radical (unpaired) electrons. The fraction of sp³-hybridized carbons (Fsp3) is 0.222. The average molecular weight is 476 g/mol. The number of aromatic amines is 2. The molecule has 0 aliphatic heterocycles. The number of thiophene rings is 1. The van der Waals surface area contributed by atoms with Gasteiger partial charge in [-0.2, -0.15) is 0 Å². The molecule has 3 heterocycles. The number of imidazole rings is 1. The van der Waals surface area contributed by atoms with Gasteiger partial charge in [-0.1, -0.05) is 11.8 Å². The van der Waals surface area contributed by atoms with Crippen molar-refractivity contribution in [1.29, 1.82) is 0 Å². The lowest BCUT2D eigenvalue weighted by Crippen LogP contribution is -2.14. The molecule has 142 valence electrons. The number of hydrogen-bond acceptors (Lipinski definition) is 6. The zero-order chi connectivity index (χ0) is 19.3. The van der Waals surface area contributed by atoms with E-state index in [2.05, 4.69) is 41.2 Å². The number of carbonyl (C=O) groups is 1. The average Bonchev–Trinajstić information content (AvgIpc) is 3.33. The normalized spacial score (nSPS) is 13.3. The van der Waals surface area contributed by atoms with Crippen LogP contribution in [0.3, 0.4) is 0 Å². The van der Waals surface area contributed by atoms with E-state index in [-0.39, 0.29) is 17.3 Å². The van der Waals surface area contributed by atoms with Crippen molar-refractivity contribution in [2.24, 2.45) is 0 Å². The summed E-state index contributed by atoms with van der Waals surface area (Å²) in [5.74, 6) is 0.104. The van der Waals surface area contributed by atoms with E-state index in [1.807, 2.05) is 0 Å². The zero-order valence-electron chi connectivity index (χ0n) is 14.5. The van der Waals surface area contributed by atoms with E-state index in [4.69, 9.17) is 0 Å². The molecule has 0 unspecified atom stereocenters.